The van der Waals surface area contributed by atoms with Gasteiger partial charge >= 0.3 is 5.97 Å². The van der Waals surface area contributed by atoms with Crippen molar-refractivity contribution in [2.45, 2.75) is 0 Å². The van der Waals surface area contributed by atoms with Gasteiger partial charge in [-0.05, 0) is 0 Å². The first-order valence-electron chi connectivity index (χ1n) is 4.32. The fraction of sp³-hybridized carbons (Fsp3) is 0.250. The molecule has 8 nitrogen and oxygen atoms in total. The molecule has 1 saturated heterocycles. The number of nitrogens with one attached hydrogen (secondary N) is 1. The van der Waals surface area contributed by atoms with Crippen LogP contribution in [0.3, 0.4) is 0 Å². The van der Waals surface area contributed by atoms with Crippen LogP contribution in [-0.2, 0) is 14.3 Å². The van der Waals surface area contributed by atoms with Crippen molar-refractivity contribution < 1.29 is 24.2 Å². The summed E-state index contributed by atoms with van der Waals surface area (Å²) >= 11 is 0. The molecule has 2 heterocycles. The van der Waals surface area contributed by atoms with Gasteiger partial charge in [-0.15, -0.1) is 0 Å². The van der Waals surface area contributed by atoms with E-state index < -0.39 is 17.8 Å². The molecular weight excluding hydrogens is 218 g/mol. The number of rotatable bonds is 2. The van der Waals surface area contributed by atoms with Gasteiger partial charge in [0.25, 0.3) is 11.8 Å². The molecule has 0 radical (unpaired) electrons. The van der Waals surface area contributed by atoms with Crippen LogP contribution in [0.2, 0.25) is 0 Å². The number of aromatic nitrogens is 2. The van der Waals surface area contributed by atoms with E-state index in [2.05, 4.69) is 10.2 Å². The van der Waals surface area contributed by atoms with Crippen LogP contribution in [0.1, 0.15) is 10.5 Å². The maximum absolute atomic E-state index is 11.4. The minimum Gasteiger partial charge on any atom is -0.477 e. The number of hydrogen-bond acceptors (Lipinski definition) is 5. The second-order valence-corrected chi connectivity index (χ2v) is 3.06. The van der Waals surface area contributed by atoms with E-state index in [9.17, 15) is 14.4 Å². The van der Waals surface area contributed by atoms with Crippen molar-refractivity contribution in [3.8, 4) is 0 Å². The predicted molar refractivity (Wildman–Crippen MR) is 48.9 cm³/mol. The van der Waals surface area contributed by atoms with E-state index in [1.807, 2.05) is 0 Å². The van der Waals surface area contributed by atoms with Gasteiger partial charge < -0.3 is 9.84 Å². The van der Waals surface area contributed by atoms with Gasteiger partial charge in [0.2, 0.25) is 0 Å². The summed E-state index contributed by atoms with van der Waals surface area (Å²) in [6.07, 6.45) is 0. The number of anilines is 1. The summed E-state index contributed by atoms with van der Waals surface area (Å²) < 4.78 is 4.70. The highest BCUT2D eigenvalue weighted by molar-refractivity contribution is 6.16. The van der Waals surface area contributed by atoms with E-state index in [-0.39, 0.29) is 24.7 Å². The summed E-state index contributed by atoms with van der Waals surface area (Å²) in [5.41, 5.74) is -0.193. The molecule has 84 valence electrons. The fourth-order valence-electron chi connectivity index (χ4n) is 1.28. The van der Waals surface area contributed by atoms with Crippen molar-refractivity contribution in [1.29, 1.82) is 0 Å². The number of aromatic carboxylic acids is 1. The lowest BCUT2D eigenvalue weighted by molar-refractivity contribution is -0.138. The summed E-state index contributed by atoms with van der Waals surface area (Å²) in [5.74, 6) is -2.39. The molecule has 1 aromatic rings. The number of imide groups is 1. The number of carbonyl (C=O) groups is 3. The highest BCUT2D eigenvalue weighted by Gasteiger charge is 2.30. The lowest BCUT2D eigenvalue weighted by Gasteiger charge is -2.22. The Hall–Kier alpha value is -2.22. The summed E-state index contributed by atoms with van der Waals surface area (Å²) in [6.45, 7) is -0.442. The molecule has 16 heavy (non-hydrogen) atoms. The van der Waals surface area contributed by atoms with Crippen LogP contribution in [-0.4, -0.2) is 46.3 Å². The molecule has 1 aliphatic heterocycles. The molecule has 2 rings (SSSR count). The SMILES string of the molecule is O=C(O)c1cc(N2C(=O)COCC2=O)n[nH]1. The molecule has 1 aliphatic rings. The summed E-state index contributed by atoms with van der Waals surface area (Å²) in [6, 6.07) is 1.11. The Bertz CT molecular complexity index is 450. The predicted octanol–water partition coefficient (Wildman–Crippen LogP) is -1.00. The van der Waals surface area contributed by atoms with Crippen LogP contribution in [0.25, 0.3) is 0 Å². The van der Waals surface area contributed by atoms with Crippen LogP contribution in [0.5, 0.6) is 0 Å². The van der Waals surface area contributed by atoms with E-state index in [4.69, 9.17) is 9.84 Å². The van der Waals surface area contributed by atoms with Crippen LogP contribution in [0.15, 0.2) is 6.07 Å². The lowest BCUT2D eigenvalue weighted by Crippen LogP contribution is -2.46. The largest absolute Gasteiger partial charge is 0.477 e. The summed E-state index contributed by atoms with van der Waals surface area (Å²) in [7, 11) is 0. The van der Waals surface area contributed by atoms with E-state index in [1.165, 1.54) is 0 Å². The van der Waals surface area contributed by atoms with Gasteiger partial charge in [0.1, 0.15) is 18.9 Å². The quantitative estimate of drug-likeness (QED) is 0.624. The van der Waals surface area contributed by atoms with Crippen LogP contribution in [0, 0.1) is 0 Å². The molecule has 0 unspecified atom stereocenters. The fourth-order valence-corrected chi connectivity index (χ4v) is 1.28. The van der Waals surface area contributed by atoms with E-state index in [1.54, 1.807) is 0 Å². The number of carboxylic acids is 1. The topological polar surface area (TPSA) is 113 Å². The number of H-pyrrole nitrogens is 1. The Morgan fingerprint density at radius 2 is 2.06 bits per heavy atom. The third kappa shape index (κ3) is 1.65. The highest BCUT2D eigenvalue weighted by atomic mass is 16.5. The molecule has 0 aliphatic carbocycles. The zero-order chi connectivity index (χ0) is 11.7. The Labute approximate surface area is 88.8 Å². The number of carbonyl (C=O) groups excluding carboxylic acids is 2. The number of amides is 2. The van der Waals surface area contributed by atoms with Crippen molar-refractivity contribution >= 4 is 23.6 Å². The number of aromatic amines is 1. The van der Waals surface area contributed by atoms with Crippen LogP contribution >= 0.6 is 0 Å². The van der Waals surface area contributed by atoms with Crippen LogP contribution in [0.4, 0.5) is 5.82 Å². The molecule has 0 bridgehead atoms. The second-order valence-electron chi connectivity index (χ2n) is 3.06. The van der Waals surface area contributed by atoms with Crippen molar-refractivity contribution in [2.24, 2.45) is 0 Å². The second kappa shape index (κ2) is 3.74. The minimum atomic E-state index is -1.22. The van der Waals surface area contributed by atoms with Crippen molar-refractivity contribution in [3.05, 3.63) is 11.8 Å². The third-order valence-corrected chi connectivity index (χ3v) is 1.97. The van der Waals surface area contributed by atoms with Gasteiger partial charge in [-0.3, -0.25) is 14.7 Å². The molecule has 2 N–H and O–H groups in total. The average Bonchev–Trinajstić information content (AvgIpc) is 2.66. The first-order chi connectivity index (χ1) is 7.59. The zero-order valence-corrected chi connectivity index (χ0v) is 7.97. The summed E-state index contributed by atoms with van der Waals surface area (Å²) in [4.78, 5) is 34.1. The van der Waals surface area contributed by atoms with E-state index in [0.29, 0.717) is 0 Å². The average molecular weight is 225 g/mol. The zero-order valence-electron chi connectivity index (χ0n) is 7.97. The number of hydrogen-bond donors (Lipinski definition) is 2. The van der Waals surface area contributed by atoms with Gasteiger partial charge in [0.15, 0.2) is 5.82 Å². The lowest BCUT2D eigenvalue weighted by atomic mass is 10.3. The molecule has 2 amide bonds. The van der Waals surface area contributed by atoms with E-state index in [0.717, 1.165) is 11.0 Å². The first-order valence-corrected chi connectivity index (χ1v) is 4.32. The maximum Gasteiger partial charge on any atom is 0.353 e. The molecule has 0 saturated carbocycles. The monoisotopic (exact) mass is 225 g/mol. The smallest absolute Gasteiger partial charge is 0.353 e. The number of carboxylic acid groups (broad SMARTS) is 1. The Morgan fingerprint density at radius 3 is 2.56 bits per heavy atom. The molecule has 0 spiro atoms. The maximum atomic E-state index is 11.4. The number of nitrogens with zero attached hydrogens (tertiary/aromatic N) is 2. The molecule has 0 aromatic carbocycles. The molecule has 0 atom stereocenters. The standard InChI is InChI=1S/C8H7N3O5/c12-6-2-16-3-7(13)11(6)5-1-4(8(14)15)9-10-5/h1H,2-3H2,(H,9,10)(H,14,15). The van der Waals surface area contributed by atoms with Crippen LogP contribution < -0.4 is 4.90 Å². The van der Waals surface area contributed by atoms with Crippen molar-refractivity contribution in [3.63, 3.8) is 0 Å². The van der Waals surface area contributed by atoms with Gasteiger partial charge in [0.05, 0.1) is 0 Å². The van der Waals surface area contributed by atoms with Gasteiger partial charge in [-0.25, -0.2) is 9.69 Å². The van der Waals surface area contributed by atoms with Crippen molar-refractivity contribution in [2.75, 3.05) is 18.1 Å². The molecule has 1 fully saturated rings. The Balaban J connectivity index is 2.31. The number of morpholine rings is 1. The van der Waals surface area contributed by atoms with Crippen molar-refractivity contribution in [1.82, 2.24) is 10.2 Å². The normalized spacial score (nSPS) is 16.6. The summed E-state index contributed by atoms with van der Waals surface area (Å²) in [5, 5.41) is 14.4. The Kier molecular flexibility index (Phi) is 2.41. The highest BCUT2D eigenvalue weighted by Crippen LogP contribution is 2.15. The molecule has 8 heteroatoms. The van der Waals surface area contributed by atoms with Gasteiger partial charge in [-0.2, -0.15) is 5.10 Å². The van der Waals surface area contributed by atoms with Gasteiger partial charge in [-0.1, -0.05) is 0 Å². The molecular formula is C8H7N3O5. The molecule has 1 aromatic heterocycles. The third-order valence-electron chi connectivity index (χ3n) is 1.97. The minimum absolute atomic E-state index is 0.0318. The first kappa shape index (κ1) is 10.3. The number of ether oxygens (including phenoxy) is 1. The van der Waals surface area contributed by atoms with Gasteiger partial charge in [0, 0.05) is 6.07 Å². The Morgan fingerprint density at radius 1 is 1.44 bits per heavy atom. The van der Waals surface area contributed by atoms with E-state index >= 15 is 0 Å².